The number of anilines is 1. The number of aromatic nitrogens is 1. The molecule has 0 spiro atoms. The van der Waals surface area contributed by atoms with Gasteiger partial charge in [0.2, 0.25) is 5.91 Å². The van der Waals surface area contributed by atoms with Crippen LogP contribution in [0.2, 0.25) is 5.15 Å². The van der Waals surface area contributed by atoms with Crippen molar-refractivity contribution in [2.45, 2.75) is 6.92 Å². The quantitative estimate of drug-likeness (QED) is 0.824. The van der Waals surface area contributed by atoms with Gasteiger partial charge in [-0.15, -0.1) is 0 Å². The zero-order valence-electron chi connectivity index (χ0n) is 10.3. The lowest BCUT2D eigenvalue weighted by Gasteiger charge is -2.18. The third kappa shape index (κ3) is 3.33. The molecular weight excluding hydrogens is 278 g/mol. The Morgan fingerprint density at radius 2 is 2.22 bits per heavy atom. The number of esters is 1. The minimum Gasteiger partial charge on any atom is -0.465 e. The maximum atomic E-state index is 11.4. The van der Waals surface area contributed by atoms with E-state index in [9.17, 15) is 9.59 Å². The summed E-state index contributed by atoms with van der Waals surface area (Å²) in [6.07, 6.45) is 0. The monoisotopic (exact) mass is 291 g/mol. The van der Waals surface area contributed by atoms with E-state index < -0.39 is 5.97 Å². The highest BCUT2D eigenvalue weighted by molar-refractivity contribution is 7.18. The number of carbonyl (C=O) groups excluding carboxylic acids is 2. The van der Waals surface area contributed by atoms with E-state index in [0.717, 1.165) is 11.3 Å². The SMILES string of the molecule is CCN(CC(=O)NC)c1nc(Cl)c(C(=O)OC)s1. The lowest BCUT2D eigenvalue weighted by atomic mass is 10.5. The van der Waals surface area contributed by atoms with Gasteiger partial charge in [-0.05, 0) is 6.92 Å². The number of nitrogens with one attached hydrogen (secondary N) is 1. The van der Waals surface area contributed by atoms with Crippen LogP contribution < -0.4 is 10.2 Å². The fourth-order valence-corrected chi connectivity index (χ4v) is 2.47. The number of halogens is 1. The average Bonchev–Trinajstić information content (AvgIpc) is 2.76. The predicted octanol–water partition coefficient (Wildman–Crippen LogP) is 1.16. The minimum atomic E-state index is -0.528. The first-order valence-electron chi connectivity index (χ1n) is 5.23. The van der Waals surface area contributed by atoms with Crippen molar-refractivity contribution in [3.05, 3.63) is 10.0 Å². The Balaban J connectivity index is 2.94. The zero-order valence-corrected chi connectivity index (χ0v) is 11.9. The smallest absolute Gasteiger partial charge is 0.351 e. The summed E-state index contributed by atoms with van der Waals surface area (Å²) in [4.78, 5) is 28.8. The highest BCUT2D eigenvalue weighted by atomic mass is 35.5. The molecule has 1 amide bonds. The maximum Gasteiger partial charge on any atom is 0.351 e. The molecule has 0 saturated carbocycles. The van der Waals surface area contributed by atoms with Crippen molar-refractivity contribution in [1.29, 1.82) is 0 Å². The molecule has 6 nitrogen and oxygen atoms in total. The van der Waals surface area contributed by atoms with Crippen LogP contribution in [0.3, 0.4) is 0 Å². The molecule has 1 aromatic heterocycles. The van der Waals surface area contributed by atoms with Gasteiger partial charge in [0.15, 0.2) is 15.2 Å². The first kappa shape index (κ1) is 14.7. The molecule has 0 saturated heterocycles. The highest BCUT2D eigenvalue weighted by Crippen LogP contribution is 2.29. The number of nitrogens with zero attached hydrogens (tertiary/aromatic N) is 2. The average molecular weight is 292 g/mol. The van der Waals surface area contributed by atoms with Gasteiger partial charge < -0.3 is 15.0 Å². The number of methoxy groups -OCH3 is 1. The van der Waals surface area contributed by atoms with Crippen LogP contribution in [-0.2, 0) is 9.53 Å². The van der Waals surface area contributed by atoms with Gasteiger partial charge in [0.05, 0.1) is 13.7 Å². The van der Waals surface area contributed by atoms with E-state index in [2.05, 4.69) is 15.0 Å². The first-order valence-corrected chi connectivity index (χ1v) is 6.43. The number of hydrogen-bond acceptors (Lipinski definition) is 6. The summed E-state index contributed by atoms with van der Waals surface area (Å²) in [5, 5.41) is 3.14. The number of hydrogen-bond donors (Lipinski definition) is 1. The molecule has 100 valence electrons. The summed E-state index contributed by atoms with van der Waals surface area (Å²) in [6, 6.07) is 0. The standard InChI is InChI=1S/C10H14ClN3O3S/c1-4-14(5-6(15)12-2)10-13-8(11)7(18-10)9(16)17-3/h4-5H2,1-3H3,(H,12,15). The molecule has 0 bridgehead atoms. The van der Waals surface area contributed by atoms with Crippen molar-refractivity contribution in [3.8, 4) is 0 Å². The molecule has 0 atom stereocenters. The molecule has 0 unspecified atom stereocenters. The van der Waals surface area contributed by atoms with Gasteiger partial charge in [-0.25, -0.2) is 9.78 Å². The van der Waals surface area contributed by atoms with Gasteiger partial charge in [-0.1, -0.05) is 22.9 Å². The highest BCUT2D eigenvalue weighted by Gasteiger charge is 2.21. The van der Waals surface area contributed by atoms with Gasteiger partial charge >= 0.3 is 5.97 Å². The van der Waals surface area contributed by atoms with Crippen LogP contribution >= 0.6 is 22.9 Å². The molecule has 8 heteroatoms. The third-order valence-electron chi connectivity index (χ3n) is 2.21. The van der Waals surface area contributed by atoms with Crippen molar-refractivity contribution in [3.63, 3.8) is 0 Å². The van der Waals surface area contributed by atoms with Crippen LogP contribution in [0.4, 0.5) is 5.13 Å². The molecule has 1 N–H and O–H groups in total. The molecule has 18 heavy (non-hydrogen) atoms. The molecule has 1 rings (SSSR count). The second-order valence-electron chi connectivity index (χ2n) is 3.30. The number of rotatable bonds is 5. The number of carbonyl (C=O) groups is 2. The summed E-state index contributed by atoms with van der Waals surface area (Å²) >= 11 is 6.97. The van der Waals surface area contributed by atoms with Crippen molar-refractivity contribution in [2.24, 2.45) is 0 Å². The molecule has 1 heterocycles. The summed E-state index contributed by atoms with van der Waals surface area (Å²) in [7, 11) is 2.84. The van der Waals surface area contributed by atoms with Crippen molar-refractivity contribution in [2.75, 3.05) is 32.1 Å². The topological polar surface area (TPSA) is 71.5 Å². The Bertz CT molecular complexity index is 450. The Kier molecular flexibility index (Phi) is 5.36. The number of ether oxygens (including phenoxy) is 1. The van der Waals surface area contributed by atoms with E-state index >= 15 is 0 Å². The van der Waals surface area contributed by atoms with E-state index in [4.69, 9.17) is 11.6 Å². The van der Waals surface area contributed by atoms with Gasteiger partial charge in [-0.2, -0.15) is 0 Å². The zero-order chi connectivity index (χ0) is 13.7. The molecule has 0 aliphatic rings. The number of thiazole rings is 1. The molecular formula is C10H14ClN3O3S. The van der Waals surface area contributed by atoms with Gasteiger partial charge in [0.25, 0.3) is 0 Å². The van der Waals surface area contributed by atoms with Crippen LogP contribution in [-0.4, -0.2) is 44.1 Å². The van der Waals surface area contributed by atoms with Crippen molar-refractivity contribution in [1.82, 2.24) is 10.3 Å². The van der Waals surface area contributed by atoms with Gasteiger partial charge in [0.1, 0.15) is 0 Å². The largest absolute Gasteiger partial charge is 0.465 e. The van der Waals surface area contributed by atoms with Crippen LogP contribution in [0.1, 0.15) is 16.6 Å². The molecule has 0 aromatic carbocycles. The van der Waals surface area contributed by atoms with Crippen LogP contribution in [0.5, 0.6) is 0 Å². The molecule has 0 radical (unpaired) electrons. The first-order chi connectivity index (χ1) is 8.53. The van der Waals surface area contributed by atoms with Gasteiger partial charge in [-0.3, -0.25) is 4.79 Å². The van der Waals surface area contributed by atoms with Gasteiger partial charge in [0, 0.05) is 13.6 Å². The normalized spacial score (nSPS) is 10.0. The van der Waals surface area contributed by atoms with E-state index in [1.165, 1.54) is 7.11 Å². The maximum absolute atomic E-state index is 11.4. The van der Waals surface area contributed by atoms with E-state index in [1.807, 2.05) is 6.92 Å². The van der Waals surface area contributed by atoms with Crippen LogP contribution in [0.25, 0.3) is 0 Å². The van der Waals surface area contributed by atoms with E-state index in [0.29, 0.717) is 11.7 Å². The Morgan fingerprint density at radius 1 is 1.56 bits per heavy atom. The summed E-state index contributed by atoms with van der Waals surface area (Å²) in [5.74, 6) is -0.664. The number of likely N-dealkylation sites (N-methyl/N-ethyl adjacent to an activating group) is 2. The second kappa shape index (κ2) is 6.55. The molecule has 0 aliphatic heterocycles. The molecule has 1 aromatic rings. The Morgan fingerprint density at radius 3 is 2.72 bits per heavy atom. The molecule has 0 aliphatic carbocycles. The van der Waals surface area contributed by atoms with Crippen LogP contribution in [0, 0.1) is 0 Å². The summed E-state index contributed by atoms with van der Waals surface area (Å²) < 4.78 is 4.60. The third-order valence-corrected chi connectivity index (χ3v) is 3.69. The Labute approximate surface area is 114 Å². The van der Waals surface area contributed by atoms with Crippen molar-refractivity contribution >= 4 is 39.9 Å². The molecule has 0 fully saturated rings. The fraction of sp³-hybridized carbons (Fsp3) is 0.500. The lowest BCUT2D eigenvalue weighted by molar-refractivity contribution is -0.119. The summed E-state index contributed by atoms with van der Waals surface area (Å²) in [6.45, 7) is 2.63. The summed E-state index contributed by atoms with van der Waals surface area (Å²) in [5.41, 5.74) is 0. The van der Waals surface area contributed by atoms with E-state index in [-0.39, 0.29) is 22.5 Å². The van der Waals surface area contributed by atoms with Crippen molar-refractivity contribution < 1.29 is 14.3 Å². The Hall–Kier alpha value is -1.34. The van der Waals surface area contributed by atoms with E-state index in [1.54, 1.807) is 11.9 Å². The fourth-order valence-electron chi connectivity index (χ4n) is 1.21. The van der Waals surface area contributed by atoms with Crippen LogP contribution in [0.15, 0.2) is 0 Å². The predicted molar refractivity (Wildman–Crippen MR) is 70.4 cm³/mol. The lowest BCUT2D eigenvalue weighted by Crippen LogP contribution is -2.35. The second-order valence-corrected chi connectivity index (χ2v) is 4.63. The number of amides is 1. The minimum absolute atomic E-state index is 0.0946.